The fourth-order valence-electron chi connectivity index (χ4n) is 1.01. The number of hydrogen-bond acceptors (Lipinski definition) is 4. The van der Waals surface area contributed by atoms with Gasteiger partial charge in [-0.3, -0.25) is 9.98 Å². The number of thiazole rings is 1. The molecule has 0 saturated carbocycles. The van der Waals surface area contributed by atoms with Crippen molar-refractivity contribution in [1.82, 2.24) is 9.82 Å². The third-order valence-corrected chi connectivity index (χ3v) is 2.77. The largest absolute Gasteiger partial charge is 0.293 e. The minimum Gasteiger partial charge on any atom is -0.293 e. The zero-order valence-electron chi connectivity index (χ0n) is 6.93. The van der Waals surface area contributed by atoms with Crippen LogP contribution in [0.2, 0.25) is 0 Å². The molecule has 0 fully saturated rings. The van der Waals surface area contributed by atoms with E-state index in [1.807, 2.05) is 24.3 Å². The predicted molar refractivity (Wildman–Crippen MR) is 57.1 cm³/mol. The van der Waals surface area contributed by atoms with Crippen LogP contribution in [0, 0.1) is 0 Å². The van der Waals surface area contributed by atoms with Gasteiger partial charge in [0.1, 0.15) is 0 Å². The van der Waals surface area contributed by atoms with Crippen molar-refractivity contribution in [2.45, 2.75) is 0 Å². The van der Waals surface area contributed by atoms with Gasteiger partial charge in [0.15, 0.2) is 5.13 Å². The maximum Gasteiger partial charge on any atom is 0.250 e. The number of aromatic nitrogens is 1. The van der Waals surface area contributed by atoms with Crippen LogP contribution in [-0.2, 0) is 11.3 Å². The molecule has 2 aromatic rings. The highest BCUT2D eigenvalue weighted by atomic mass is 32.2. The molecule has 2 rings (SSSR count). The lowest BCUT2D eigenvalue weighted by Gasteiger charge is -1.97. The third-order valence-electron chi connectivity index (χ3n) is 1.54. The predicted octanol–water partition coefficient (Wildman–Crippen LogP) is 1.35. The molecule has 14 heavy (non-hydrogen) atoms. The summed E-state index contributed by atoms with van der Waals surface area (Å²) in [6.45, 7) is 0. The first-order valence-corrected chi connectivity index (χ1v) is 5.66. The molecule has 0 saturated heterocycles. The summed E-state index contributed by atoms with van der Waals surface area (Å²) in [6.07, 6.45) is 0. The van der Waals surface area contributed by atoms with Crippen LogP contribution in [0.15, 0.2) is 24.3 Å². The Kier molecular flexibility index (Phi) is 2.73. The molecule has 1 heterocycles. The molecule has 1 aromatic carbocycles. The first-order valence-electron chi connectivity index (χ1n) is 3.74. The Morgan fingerprint density at radius 2 is 2.21 bits per heavy atom. The van der Waals surface area contributed by atoms with E-state index in [9.17, 15) is 4.21 Å². The normalized spacial score (nSPS) is 12.9. The van der Waals surface area contributed by atoms with Crippen molar-refractivity contribution >= 4 is 38.0 Å². The van der Waals surface area contributed by atoms with Gasteiger partial charge in [-0.1, -0.05) is 23.5 Å². The van der Waals surface area contributed by atoms with E-state index in [1.54, 1.807) is 0 Å². The van der Waals surface area contributed by atoms with Gasteiger partial charge in [0.2, 0.25) is 11.3 Å². The quantitative estimate of drug-likeness (QED) is 0.548. The summed E-state index contributed by atoms with van der Waals surface area (Å²) in [6, 6.07) is 7.63. The molecule has 5 nitrogen and oxygen atoms in total. The van der Waals surface area contributed by atoms with Gasteiger partial charge in [0.05, 0.1) is 10.2 Å². The fraction of sp³-hybridized carbons (Fsp3) is 0. The van der Waals surface area contributed by atoms with Gasteiger partial charge in [-0.25, -0.2) is 9.19 Å². The molecule has 0 spiro atoms. The molecule has 3 N–H and O–H groups in total. The Hall–Kier alpha value is -1.02. The van der Waals surface area contributed by atoms with E-state index in [2.05, 4.69) is 15.2 Å². The lowest BCUT2D eigenvalue weighted by molar-refractivity contribution is 0.555. The molecule has 0 radical (unpaired) electrons. The smallest absolute Gasteiger partial charge is 0.250 e. The van der Waals surface area contributed by atoms with Crippen LogP contribution in [0.25, 0.3) is 10.2 Å². The molecular formula is C7H7N3O2S2. The average molecular weight is 229 g/mol. The summed E-state index contributed by atoms with van der Waals surface area (Å²) in [5.74, 6) is 0. The van der Waals surface area contributed by atoms with E-state index >= 15 is 0 Å². The number of fused-ring (bicyclic) bond motifs is 1. The number of hydrogen-bond donors (Lipinski definition) is 3. The lowest BCUT2D eigenvalue weighted by Crippen LogP contribution is -2.22. The van der Waals surface area contributed by atoms with E-state index in [-0.39, 0.29) is 0 Å². The maximum atomic E-state index is 10.3. The Morgan fingerprint density at radius 3 is 2.93 bits per heavy atom. The van der Waals surface area contributed by atoms with Crippen molar-refractivity contribution < 1.29 is 8.76 Å². The van der Waals surface area contributed by atoms with Crippen LogP contribution in [0.5, 0.6) is 0 Å². The summed E-state index contributed by atoms with van der Waals surface area (Å²) in [7, 11) is 0. The van der Waals surface area contributed by atoms with E-state index < -0.39 is 11.3 Å². The van der Waals surface area contributed by atoms with Crippen molar-refractivity contribution in [3.8, 4) is 0 Å². The van der Waals surface area contributed by atoms with Crippen molar-refractivity contribution in [1.29, 1.82) is 0 Å². The standard InChI is InChI=1S/C7H7N3O2S2/c11-14(12)10-9-7-8-5-3-1-2-4-6(5)13-7/h1-4,10H,(H,8,9)(H,11,12). The Bertz CT molecular complexity index is 438. The van der Waals surface area contributed by atoms with E-state index in [0.29, 0.717) is 5.13 Å². The molecule has 7 heteroatoms. The van der Waals surface area contributed by atoms with Gasteiger partial charge >= 0.3 is 0 Å². The maximum absolute atomic E-state index is 10.3. The van der Waals surface area contributed by atoms with Crippen LogP contribution in [0.1, 0.15) is 0 Å². The Labute approximate surface area is 86.6 Å². The molecule has 1 unspecified atom stereocenters. The summed E-state index contributed by atoms with van der Waals surface area (Å²) < 4.78 is 19.8. The topological polar surface area (TPSA) is 74.2 Å². The number of nitrogens with one attached hydrogen (secondary N) is 2. The van der Waals surface area contributed by atoms with Crippen LogP contribution >= 0.6 is 11.3 Å². The van der Waals surface area contributed by atoms with Crippen molar-refractivity contribution in [2.75, 3.05) is 5.43 Å². The van der Waals surface area contributed by atoms with Crippen LogP contribution in [0.3, 0.4) is 0 Å². The van der Waals surface area contributed by atoms with Gasteiger partial charge in [-0.15, -0.1) is 4.83 Å². The highest BCUT2D eigenvalue weighted by Gasteiger charge is 2.02. The second kappa shape index (κ2) is 4.01. The minimum atomic E-state index is -2.08. The van der Waals surface area contributed by atoms with Crippen molar-refractivity contribution in [3.05, 3.63) is 24.3 Å². The highest BCUT2D eigenvalue weighted by Crippen LogP contribution is 2.24. The lowest BCUT2D eigenvalue weighted by atomic mass is 10.3. The number of para-hydroxylation sites is 1. The number of rotatable bonds is 3. The van der Waals surface area contributed by atoms with E-state index in [0.717, 1.165) is 10.2 Å². The van der Waals surface area contributed by atoms with E-state index in [4.69, 9.17) is 4.55 Å². The Morgan fingerprint density at radius 1 is 1.43 bits per heavy atom. The minimum absolute atomic E-state index is 0.564. The van der Waals surface area contributed by atoms with Crippen molar-refractivity contribution in [2.24, 2.45) is 0 Å². The zero-order chi connectivity index (χ0) is 9.97. The summed E-state index contributed by atoms with van der Waals surface area (Å²) in [5, 5.41) is 0.564. The molecule has 1 aromatic heterocycles. The molecule has 0 bridgehead atoms. The molecular weight excluding hydrogens is 222 g/mol. The molecule has 0 aliphatic carbocycles. The molecule has 1 atom stereocenters. The van der Waals surface area contributed by atoms with Gasteiger partial charge in [0, 0.05) is 0 Å². The SMILES string of the molecule is O=S(O)NNc1nc2ccccc2s1. The second-order valence-electron chi connectivity index (χ2n) is 2.46. The number of hydrazine groups is 1. The van der Waals surface area contributed by atoms with Gasteiger partial charge in [-0.2, -0.15) is 0 Å². The third kappa shape index (κ3) is 2.07. The van der Waals surface area contributed by atoms with Gasteiger partial charge < -0.3 is 0 Å². The first-order chi connectivity index (χ1) is 6.75. The van der Waals surface area contributed by atoms with Crippen molar-refractivity contribution in [3.63, 3.8) is 0 Å². The van der Waals surface area contributed by atoms with Crippen LogP contribution in [-0.4, -0.2) is 13.7 Å². The summed E-state index contributed by atoms with van der Waals surface area (Å²) >= 11 is -0.673. The molecule has 0 aliphatic rings. The average Bonchev–Trinajstić information content (AvgIpc) is 2.57. The zero-order valence-corrected chi connectivity index (χ0v) is 8.56. The monoisotopic (exact) mass is 229 g/mol. The van der Waals surface area contributed by atoms with Crippen LogP contribution < -0.4 is 10.3 Å². The van der Waals surface area contributed by atoms with Crippen LogP contribution in [0.4, 0.5) is 5.13 Å². The molecule has 0 amide bonds. The highest BCUT2D eigenvalue weighted by molar-refractivity contribution is 7.77. The van der Waals surface area contributed by atoms with Gasteiger partial charge in [-0.05, 0) is 12.1 Å². The first kappa shape index (κ1) is 9.53. The summed E-state index contributed by atoms with van der Waals surface area (Å²) in [4.78, 5) is 6.33. The van der Waals surface area contributed by atoms with E-state index in [1.165, 1.54) is 11.3 Å². The summed E-state index contributed by atoms with van der Waals surface area (Å²) in [5.41, 5.74) is 3.41. The Balaban J connectivity index is 2.22. The molecule has 0 aliphatic heterocycles. The number of benzene rings is 1. The molecule has 74 valence electrons. The number of anilines is 1. The van der Waals surface area contributed by atoms with Gasteiger partial charge in [0.25, 0.3) is 0 Å². The fourth-order valence-corrected chi connectivity index (χ4v) is 2.08. The second-order valence-corrected chi connectivity index (χ2v) is 4.20. The number of nitrogens with zero attached hydrogens (tertiary/aromatic N) is 1.